The van der Waals surface area contributed by atoms with E-state index in [4.69, 9.17) is 42.1 Å². The van der Waals surface area contributed by atoms with E-state index in [0.29, 0.717) is 72.6 Å². The van der Waals surface area contributed by atoms with E-state index in [1.807, 2.05) is 45.0 Å². The lowest BCUT2D eigenvalue weighted by Gasteiger charge is -2.16. The first-order valence-electron chi connectivity index (χ1n) is 10.4. The first-order chi connectivity index (χ1) is 14.5. The van der Waals surface area contributed by atoms with E-state index in [-0.39, 0.29) is 0 Å². The largest absolute Gasteiger partial charge is 0.490 e. The third-order valence-electron chi connectivity index (χ3n) is 4.14. The summed E-state index contributed by atoms with van der Waals surface area (Å²) in [7, 11) is 0. The molecule has 2 aromatic rings. The quantitative estimate of drug-likeness (QED) is 0.385. The molecule has 0 fully saturated rings. The van der Waals surface area contributed by atoms with Crippen molar-refractivity contribution in [3.8, 4) is 23.0 Å². The van der Waals surface area contributed by atoms with Crippen LogP contribution in [-0.4, -0.2) is 26.4 Å². The molecule has 7 heteroatoms. The van der Waals surface area contributed by atoms with Crippen LogP contribution < -0.4 is 24.3 Å². The standard InChI is InChI=1S/C23H31Cl2NO4/c1-5-9-30-23-19(25)11-17(13-21(23)28-7-3)15-26-14-16-10-18(24)22(29-8-4)20(12-16)27-6-2/h10-13,26H,5-9,14-15H2,1-4H3. The Kier molecular flexibility index (Phi) is 10.4. The molecule has 0 aromatic heterocycles. The molecule has 5 nitrogen and oxygen atoms in total. The second kappa shape index (κ2) is 12.8. The van der Waals surface area contributed by atoms with Crippen LogP contribution in [0.25, 0.3) is 0 Å². The molecule has 2 aromatic carbocycles. The van der Waals surface area contributed by atoms with E-state index < -0.39 is 0 Å². The molecule has 0 atom stereocenters. The van der Waals surface area contributed by atoms with Crippen LogP contribution in [0.15, 0.2) is 24.3 Å². The van der Waals surface area contributed by atoms with Crippen LogP contribution in [0.5, 0.6) is 23.0 Å². The van der Waals surface area contributed by atoms with E-state index in [1.54, 1.807) is 0 Å². The molecule has 0 aliphatic rings. The van der Waals surface area contributed by atoms with E-state index in [2.05, 4.69) is 12.2 Å². The lowest BCUT2D eigenvalue weighted by molar-refractivity contribution is 0.277. The van der Waals surface area contributed by atoms with Crippen molar-refractivity contribution in [2.75, 3.05) is 26.4 Å². The van der Waals surface area contributed by atoms with Crippen LogP contribution in [-0.2, 0) is 13.1 Å². The van der Waals surface area contributed by atoms with Gasteiger partial charge in [-0.25, -0.2) is 0 Å². The van der Waals surface area contributed by atoms with Gasteiger partial charge in [-0.1, -0.05) is 30.1 Å². The number of halogens is 2. The molecule has 0 radical (unpaired) electrons. The van der Waals surface area contributed by atoms with Crippen molar-refractivity contribution in [3.05, 3.63) is 45.4 Å². The Hall–Kier alpha value is -1.82. The fraction of sp³-hybridized carbons (Fsp3) is 0.478. The number of nitrogens with one attached hydrogen (secondary N) is 1. The molecule has 2 rings (SSSR count). The summed E-state index contributed by atoms with van der Waals surface area (Å²) < 4.78 is 22.8. The van der Waals surface area contributed by atoms with Crippen molar-refractivity contribution < 1.29 is 18.9 Å². The monoisotopic (exact) mass is 455 g/mol. The van der Waals surface area contributed by atoms with E-state index in [0.717, 1.165) is 17.5 Å². The fourth-order valence-corrected chi connectivity index (χ4v) is 3.53. The van der Waals surface area contributed by atoms with Gasteiger partial charge >= 0.3 is 0 Å². The van der Waals surface area contributed by atoms with Gasteiger partial charge in [0.25, 0.3) is 0 Å². The van der Waals surface area contributed by atoms with Crippen molar-refractivity contribution in [1.82, 2.24) is 5.32 Å². The minimum absolute atomic E-state index is 0.526. The zero-order valence-electron chi connectivity index (χ0n) is 18.1. The van der Waals surface area contributed by atoms with Gasteiger partial charge in [-0.2, -0.15) is 0 Å². The number of ether oxygens (including phenoxy) is 4. The van der Waals surface area contributed by atoms with Crippen LogP contribution in [0.2, 0.25) is 10.0 Å². The Morgan fingerprint density at radius 1 is 0.667 bits per heavy atom. The highest BCUT2D eigenvalue weighted by Crippen LogP contribution is 2.38. The maximum atomic E-state index is 6.44. The summed E-state index contributed by atoms with van der Waals surface area (Å²) in [4.78, 5) is 0. The third-order valence-corrected chi connectivity index (χ3v) is 4.70. The van der Waals surface area contributed by atoms with E-state index in [9.17, 15) is 0 Å². The molecule has 0 bridgehead atoms. The average Bonchev–Trinajstić information content (AvgIpc) is 2.70. The van der Waals surface area contributed by atoms with Crippen molar-refractivity contribution in [2.45, 2.75) is 47.2 Å². The molecule has 0 aliphatic heterocycles. The van der Waals surface area contributed by atoms with Crippen LogP contribution >= 0.6 is 23.2 Å². The van der Waals surface area contributed by atoms with Crippen LogP contribution in [0, 0.1) is 0 Å². The number of benzene rings is 2. The molecule has 0 saturated heterocycles. The Bertz CT molecular complexity index is 814. The van der Waals surface area contributed by atoms with Gasteiger partial charge in [-0.05, 0) is 62.6 Å². The molecular weight excluding hydrogens is 425 g/mol. The summed E-state index contributed by atoms with van der Waals surface area (Å²) in [5.41, 5.74) is 2.01. The van der Waals surface area contributed by atoms with Crippen molar-refractivity contribution in [2.24, 2.45) is 0 Å². The van der Waals surface area contributed by atoms with Gasteiger partial charge in [0.05, 0.1) is 36.5 Å². The van der Waals surface area contributed by atoms with Gasteiger partial charge in [-0.15, -0.1) is 0 Å². The topological polar surface area (TPSA) is 49.0 Å². The Morgan fingerprint density at radius 2 is 1.13 bits per heavy atom. The highest BCUT2D eigenvalue weighted by atomic mass is 35.5. The van der Waals surface area contributed by atoms with Gasteiger partial charge in [0, 0.05) is 13.1 Å². The van der Waals surface area contributed by atoms with Crippen LogP contribution in [0.3, 0.4) is 0 Å². The number of rotatable bonds is 13. The smallest absolute Gasteiger partial charge is 0.179 e. The van der Waals surface area contributed by atoms with Gasteiger partial charge in [-0.3, -0.25) is 0 Å². The summed E-state index contributed by atoms with van der Waals surface area (Å²) in [6, 6.07) is 7.71. The number of hydrogen-bond donors (Lipinski definition) is 1. The van der Waals surface area contributed by atoms with Gasteiger partial charge in [0.1, 0.15) is 0 Å². The maximum Gasteiger partial charge on any atom is 0.179 e. The summed E-state index contributed by atoms with van der Waals surface area (Å²) in [5.74, 6) is 2.50. The molecule has 0 saturated carbocycles. The first kappa shape index (κ1) is 24.4. The Morgan fingerprint density at radius 3 is 1.57 bits per heavy atom. The maximum absolute atomic E-state index is 6.44. The molecule has 166 valence electrons. The molecule has 0 amide bonds. The van der Waals surface area contributed by atoms with Gasteiger partial charge < -0.3 is 24.3 Å². The van der Waals surface area contributed by atoms with Crippen molar-refractivity contribution >= 4 is 23.2 Å². The second-order valence-electron chi connectivity index (χ2n) is 6.56. The zero-order valence-corrected chi connectivity index (χ0v) is 19.7. The first-order valence-corrected chi connectivity index (χ1v) is 11.2. The van der Waals surface area contributed by atoms with Crippen LogP contribution in [0.4, 0.5) is 0 Å². The zero-order chi connectivity index (χ0) is 21.9. The van der Waals surface area contributed by atoms with Crippen LogP contribution in [0.1, 0.15) is 45.2 Å². The second-order valence-corrected chi connectivity index (χ2v) is 7.38. The molecule has 30 heavy (non-hydrogen) atoms. The Labute approximate surface area is 189 Å². The molecule has 0 spiro atoms. The lowest BCUT2D eigenvalue weighted by atomic mass is 10.1. The minimum Gasteiger partial charge on any atom is -0.490 e. The predicted molar refractivity (Wildman–Crippen MR) is 123 cm³/mol. The van der Waals surface area contributed by atoms with Crippen molar-refractivity contribution in [3.63, 3.8) is 0 Å². The highest BCUT2D eigenvalue weighted by Gasteiger charge is 2.14. The van der Waals surface area contributed by atoms with E-state index >= 15 is 0 Å². The molecule has 0 heterocycles. The normalized spacial score (nSPS) is 10.7. The molecule has 1 N–H and O–H groups in total. The molecular formula is C23H31Cl2NO4. The fourth-order valence-electron chi connectivity index (χ4n) is 2.95. The summed E-state index contributed by atoms with van der Waals surface area (Å²) in [6.45, 7) is 11.3. The average molecular weight is 456 g/mol. The molecule has 0 unspecified atom stereocenters. The predicted octanol–water partition coefficient (Wildman–Crippen LogP) is 6.27. The van der Waals surface area contributed by atoms with Crippen molar-refractivity contribution in [1.29, 1.82) is 0 Å². The Balaban J connectivity index is 2.10. The van der Waals surface area contributed by atoms with E-state index in [1.165, 1.54) is 0 Å². The SMILES string of the molecule is CCCOc1c(Cl)cc(CNCc2cc(Cl)c(OCC)c(OCC)c2)cc1OCC. The minimum atomic E-state index is 0.526. The highest BCUT2D eigenvalue weighted by molar-refractivity contribution is 6.32. The summed E-state index contributed by atoms with van der Waals surface area (Å²) in [5, 5.41) is 4.51. The number of hydrogen-bond acceptors (Lipinski definition) is 5. The van der Waals surface area contributed by atoms with Gasteiger partial charge in [0.15, 0.2) is 23.0 Å². The molecule has 0 aliphatic carbocycles. The lowest BCUT2D eigenvalue weighted by Crippen LogP contribution is -2.13. The van der Waals surface area contributed by atoms with Gasteiger partial charge in [0.2, 0.25) is 0 Å². The summed E-state index contributed by atoms with van der Waals surface area (Å²) in [6.07, 6.45) is 0.902. The summed E-state index contributed by atoms with van der Waals surface area (Å²) >= 11 is 12.8. The third kappa shape index (κ3) is 6.86.